The number of carbonyl (C=O) groups excluding carboxylic acids is 1. The molecule has 4 nitrogen and oxygen atoms in total. The molecule has 1 heterocycles. The summed E-state index contributed by atoms with van der Waals surface area (Å²) >= 11 is 3.50. The number of hydrogen-bond acceptors (Lipinski definition) is 4. The van der Waals surface area contributed by atoms with Crippen molar-refractivity contribution >= 4 is 35.0 Å². The fourth-order valence-electron chi connectivity index (χ4n) is 1.57. The largest absolute Gasteiger partial charge is 0.480 e. The van der Waals surface area contributed by atoms with Crippen LogP contribution in [-0.2, 0) is 21.8 Å². The van der Waals surface area contributed by atoms with Crippen LogP contribution < -0.4 is 5.32 Å². The predicted octanol–water partition coefficient (Wildman–Crippen LogP) is 2.52. The summed E-state index contributed by atoms with van der Waals surface area (Å²) < 4.78 is 0. The average Bonchev–Trinajstić information content (AvgIpc) is 2.80. The second kappa shape index (κ2) is 8.22. The lowest BCUT2D eigenvalue weighted by molar-refractivity contribution is -0.141. The molecular formula is C13H19NO3S2. The van der Waals surface area contributed by atoms with Gasteiger partial charge < -0.3 is 10.4 Å². The standard InChI is InChI=1S/C13H19NO3S2/c1-3-10-4-5-11(19-10)8-18-7-6-12(13(16)17)14-9(2)15/h4-5,12H,3,6-8H2,1-2H3,(H,14,15)(H,16,17). The summed E-state index contributed by atoms with van der Waals surface area (Å²) in [6, 6.07) is 3.48. The lowest BCUT2D eigenvalue weighted by Gasteiger charge is -2.12. The number of nitrogens with one attached hydrogen (secondary N) is 1. The number of hydrogen-bond donors (Lipinski definition) is 2. The Morgan fingerprint density at radius 3 is 2.63 bits per heavy atom. The fourth-order valence-corrected chi connectivity index (χ4v) is 3.65. The van der Waals surface area contributed by atoms with E-state index in [1.165, 1.54) is 16.7 Å². The molecule has 6 heteroatoms. The molecule has 1 atom stereocenters. The van der Waals surface area contributed by atoms with Crippen LogP contribution in [0.15, 0.2) is 12.1 Å². The molecule has 0 fully saturated rings. The van der Waals surface area contributed by atoms with Gasteiger partial charge in [0.05, 0.1) is 0 Å². The number of thiophene rings is 1. The van der Waals surface area contributed by atoms with Crippen molar-refractivity contribution in [2.75, 3.05) is 5.75 Å². The van der Waals surface area contributed by atoms with E-state index >= 15 is 0 Å². The topological polar surface area (TPSA) is 66.4 Å². The van der Waals surface area contributed by atoms with E-state index in [9.17, 15) is 9.59 Å². The van der Waals surface area contributed by atoms with E-state index in [0.29, 0.717) is 6.42 Å². The second-order valence-electron chi connectivity index (χ2n) is 4.15. The van der Waals surface area contributed by atoms with Gasteiger partial charge >= 0.3 is 5.97 Å². The van der Waals surface area contributed by atoms with Crippen LogP contribution in [0, 0.1) is 0 Å². The lowest BCUT2D eigenvalue weighted by atomic mass is 10.2. The molecule has 0 saturated heterocycles. The Hall–Kier alpha value is -1.01. The molecule has 1 amide bonds. The SMILES string of the molecule is CCc1ccc(CSCCC(NC(C)=O)C(=O)O)s1. The maximum absolute atomic E-state index is 10.9. The lowest BCUT2D eigenvalue weighted by Crippen LogP contribution is -2.39. The number of carbonyl (C=O) groups is 2. The molecule has 0 spiro atoms. The Kier molecular flexibility index (Phi) is 6.94. The van der Waals surface area contributed by atoms with Crippen molar-refractivity contribution in [3.05, 3.63) is 21.9 Å². The normalized spacial score (nSPS) is 12.1. The molecule has 19 heavy (non-hydrogen) atoms. The zero-order valence-corrected chi connectivity index (χ0v) is 12.8. The van der Waals surface area contributed by atoms with Crippen molar-refractivity contribution in [1.82, 2.24) is 5.32 Å². The highest BCUT2D eigenvalue weighted by molar-refractivity contribution is 7.98. The van der Waals surface area contributed by atoms with Gasteiger partial charge in [0.25, 0.3) is 0 Å². The third-order valence-electron chi connectivity index (χ3n) is 2.54. The number of carboxylic acids is 1. The zero-order valence-electron chi connectivity index (χ0n) is 11.1. The van der Waals surface area contributed by atoms with Crippen molar-refractivity contribution in [2.45, 2.75) is 38.5 Å². The maximum atomic E-state index is 10.9. The van der Waals surface area contributed by atoms with Gasteiger partial charge in [-0.25, -0.2) is 4.79 Å². The van der Waals surface area contributed by atoms with Crippen LogP contribution in [0.2, 0.25) is 0 Å². The number of aryl methyl sites for hydroxylation is 1. The third kappa shape index (κ3) is 6.11. The molecule has 1 aromatic heterocycles. The fraction of sp³-hybridized carbons (Fsp3) is 0.538. The molecule has 0 aromatic carbocycles. The first kappa shape index (κ1) is 16.0. The Bertz CT molecular complexity index is 431. The molecule has 0 aliphatic carbocycles. The Morgan fingerprint density at radius 1 is 1.42 bits per heavy atom. The molecule has 0 radical (unpaired) electrons. The summed E-state index contributed by atoms with van der Waals surface area (Å²) in [6.07, 6.45) is 1.50. The van der Waals surface area contributed by atoms with Crippen LogP contribution in [-0.4, -0.2) is 28.8 Å². The van der Waals surface area contributed by atoms with E-state index in [4.69, 9.17) is 5.11 Å². The minimum atomic E-state index is -0.972. The van der Waals surface area contributed by atoms with E-state index in [0.717, 1.165) is 17.9 Å². The smallest absolute Gasteiger partial charge is 0.326 e. The summed E-state index contributed by atoms with van der Waals surface area (Å²) in [7, 11) is 0. The summed E-state index contributed by atoms with van der Waals surface area (Å²) in [5, 5.41) is 11.4. The third-order valence-corrected chi connectivity index (χ3v) is 4.99. The zero-order chi connectivity index (χ0) is 14.3. The number of carboxylic acid groups (broad SMARTS) is 1. The van der Waals surface area contributed by atoms with E-state index in [1.807, 2.05) is 0 Å². The van der Waals surface area contributed by atoms with Crippen LogP contribution in [0.3, 0.4) is 0 Å². The molecule has 0 saturated carbocycles. The minimum absolute atomic E-state index is 0.303. The minimum Gasteiger partial charge on any atom is -0.480 e. The highest BCUT2D eigenvalue weighted by Gasteiger charge is 2.17. The van der Waals surface area contributed by atoms with Crippen molar-refractivity contribution in [3.63, 3.8) is 0 Å². The van der Waals surface area contributed by atoms with Crippen LogP contribution in [0.4, 0.5) is 0 Å². The van der Waals surface area contributed by atoms with Crippen LogP contribution in [0.1, 0.15) is 30.0 Å². The first-order valence-electron chi connectivity index (χ1n) is 6.18. The van der Waals surface area contributed by atoms with Gasteiger partial charge in [-0.05, 0) is 30.7 Å². The van der Waals surface area contributed by atoms with Crippen molar-refractivity contribution in [2.24, 2.45) is 0 Å². The Labute approximate surface area is 121 Å². The quantitative estimate of drug-likeness (QED) is 0.724. The van der Waals surface area contributed by atoms with Crippen molar-refractivity contribution in [3.8, 4) is 0 Å². The summed E-state index contributed by atoms with van der Waals surface area (Å²) in [5.41, 5.74) is 0. The molecule has 1 rings (SSSR count). The molecule has 0 aliphatic rings. The maximum Gasteiger partial charge on any atom is 0.326 e. The molecule has 2 N–H and O–H groups in total. The van der Waals surface area contributed by atoms with Gasteiger partial charge in [-0.3, -0.25) is 4.79 Å². The van der Waals surface area contributed by atoms with Gasteiger partial charge in [-0.1, -0.05) is 6.92 Å². The van der Waals surface area contributed by atoms with Crippen LogP contribution in [0.25, 0.3) is 0 Å². The summed E-state index contributed by atoms with van der Waals surface area (Å²) in [4.78, 5) is 24.5. The van der Waals surface area contributed by atoms with Crippen molar-refractivity contribution in [1.29, 1.82) is 0 Å². The number of thioether (sulfide) groups is 1. The van der Waals surface area contributed by atoms with Gasteiger partial charge in [0.2, 0.25) is 5.91 Å². The Morgan fingerprint density at radius 2 is 2.11 bits per heavy atom. The van der Waals surface area contributed by atoms with Gasteiger partial charge in [0.15, 0.2) is 0 Å². The number of aliphatic carboxylic acids is 1. The molecule has 0 bridgehead atoms. The molecule has 1 aromatic rings. The highest BCUT2D eigenvalue weighted by atomic mass is 32.2. The summed E-state index contributed by atoms with van der Waals surface area (Å²) in [6.45, 7) is 3.47. The second-order valence-corrected chi connectivity index (χ2v) is 6.51. The average molecular weight is 301 g/mol. The monoisotopic (exact) mass is 301 g/mol. The highest BCUT2D eigenvalue weighted by Crippen LogP contribution is 2.22. The van der Waals surface area contributed by atoms with Gasteiger partial charge in [0.1, 0.15) is 6.04 Å². The first-order valence-corrected chi connectivity index (χ1v) is 8.15. The van der Waals surface area contributed by atoms with Crippen LogP contribution in [0.5, 0.6) is 0 Å². The predicted molar refractivity (Wildman–Crippen MR) is 79.7 cm³/mol. The van der Waals surface area contributed by atoms with Gasteiger partial charge in [-0.15, -0.1) is 11.3 Å². The number of amides is 1. The van der Waals surface area contributed by atoms with Gasteiger partial charge in [0, 0.05) is 22.4 Å². The Balaban J connectivity index is 2.28. The molecule has 1 unspecified atom stereocenters. The van der Waals surface area contributed by atoms with E-state index in [1.54, 1.807) is 23.1 Å². The molecule has 106 valence electrons. The van der Waals surface area contributed by atoms with Crippen LogP contribution >= 0.6 is 23.1 Å². The molecule has 0 aliphatic heterocycles. The van der Waals surface area contributed by atoms with E-state index in [2.05, 4.69) is 24.4 Å². The molecular weight excluding hydrogens is 282 g/mol. The first-order chi connectivity index (χ1) is 9.02. The van der Waals surface area contributed by atoms with E-state index in [-0.39, 0.29) is 5.91 Å². The van der Waals surface area contributed by atoms with E-state index < -0.39 is 12.0 Å². The number of rotatable bonds is 8. The van der Waals surface area contributed by atoms with Gasteiger partial charge in [-0.2, -0.15) is 11.8 Å². The van der Waals surface area contributed by atoms with Crippen molar-refractivity contribution < 1.29 is 14.7 Å². The summed E-state index contributed by atoms with van der Waals surface area (Å²) in [5.74, 6) is 0.344.